The van der Waals surface area contributed by atoms with Crippen molar-refractivity contribution < 1.29 is 9.47 Å². The highest BCUT2D eigenvalue weighted by atomic mass is 35.5. The Morgan fingerprint density at radius 3 is 2.83 bits per heavy atom. The van der Waals surface area contributed by atoms with E-state index in [2.05, 4.69) is 6.92 Å². The van der Waals surface area contributed by atoms with Crippen molar-refractivity contribution in [3.05, 3.63) is 23.8 Å². The lowest BCUT2D eigenvalue weighted by molar-refractivity contribution is 0.124. The molecule has 2 unspecified atom stereocenters. The predicted molar refractivity (Wildman–Crippen MR) is 74.6 cm³/mol. The first kappa shape index (κ1) is 13.5. The highest BCUT2D eigenvalue weighted by Crippen LogP contribution is 2.36. The fraction of sp³-hybridized carbons (Fsp3) is 0.600. The number of para-hydroxylation sites is 1. The quantitative estimate of drug-likeness (QED) is 0.754. The Hall–Kier alpha value is -0.890. The van der Waals surface area contributed by atoms with Crippen LogP contribution in [0.1, 0.15) is 38.2 Å². The third-order valence-electron chi connectivity index (χ3n) is 3.60. The molecular formula is C15H21ClO2. The van der Waals surface area contributed by atoms with Gasteiger partial charge in [0.25, 0.3) is 0 Å². The van der Waals surface area contributed by atoms with Gasteiger partial charge in [0.1, 0.15) is 0 Å². The summed E-state index contributed by atoms with van der Waals surface area (Å²) >= 11 is 5.97. The number of halogens is 1. The molecule has 2 nitrogen and oxygen atoms in total. The lowest BCUT2D eigenvalue weighted by atomic mass is 9.88. The summed E-state index contributed by atoms with van der Waals surface area (Å²) in [5.41, 5.74) is 1.01. The zero-order valence-electron chi connectivity index (χ0n) is 11.1. The first-order valence-corrected chi connectivity index (χ1v) is 7.16. The molecule has 100 valence electrons. The van der Waals surface area contributed by atoms with Crippen LogP contribution in [0.25, 0.3) is 0 Å². The van der Waals surface area contributed by atoms with Crippen LogP contribution in [0.2, 0.25) is 0 Å². The first-order valence-electron chi connectivity index (χ1n) is 6.63. The normalized spacial score (nSPS) is 23.7. The van der Waals surface area contributed by atoms with Crippen LogP contribution in [-0.4, -0.2) is 13.2 Å². The third kappa shape index (κ3) is 3.11. The minimum Gasteiger partial charge on any atom is -0.493 e. The summed E-state index contributed by atoms with van der Waals surface area (Å²) in [5.74, 6) is 2.81. The average molecular weight is 269 g/mol. The molecule has 0 bridgehead atoms. The van der Waals surface area contributed by atoms with Gasteiger partial charge in [0, 0.05) is 5.56 Å². The standard InChI is InChI=1S/C15H21ClO2/c1-11-5-3-7-13(9-11)18-15-12(10-16)6-4-8-14(15)17-2/h4,6,8,11,13H,3,5,7,9-10H2,1-2H3. The predicted octanol–water partition coefficient (Wildman–Crippen LogP) is 4.39. The Labute approximate surface area is 114 Å². The molecule has 0 radical (unpaired) electrons. The Morgan fingerprint density at radius 2 is 2.17 bits per heavy atom. The number of methoxy groups -OCH3 is 1. The van der Waals surface area contributed by atoms with Gasteiger partial charge >= 0.3 is 0 Å². The average Bonchev–Trinajstić information content (AvgIpc) is 2.39. The molecule has 0 spiro atoms. The van der Waals surface area contributed by atoms with E-state index in [9.17, 15) is 0 Å². The minimum atomic E-state index is 0.298. The first-order chi connectivity index (χ1) is 8.74. The molecule has 0 amide bonds. The van der Waals surface area contributed by atoms with Crippen molar-refractivity contribution in [1.29, 1.82) is 0 Å². The number of alkyl halides is 1. The van der Waals surface area contributed by atoms with Gasteiger partial charge in [0.05, 0.1) is 19.1 Å². The number of hydrogen-bond acceptors (Lipinski definition) is 2. The van der Waals surface area contributed by atoms with Gasteiger partial charge in [0.15, 0.2) is 11.5 Å². The van der Waals surface area contributed by atoms with E-state index in [1.807, 2.05) is 18.2 Å². The van der Waals surface area contributed by atoms with E-state index in [0.29, 0.717) is 12.0 Å². The van der Waals surface area contributed by atoms with Crippen molar-refractivity contribution >= 4 is 11.6 Å². The van der Waals surface area contributed by atoms with Crippen LogP contribution in [0.15, 0.2) is 18.2 Å². The van der Waals surface area contributed by atoms with Crippen molar-refractivity contribution in [2.24, 2.45) is 5.92 Å². The lowest BCUT2D eigenvalue weighted by Gasteiger charge is -2.28. The van der Waals surface area contributed by atoms with Gasteiger partial charge in [-0.2, -0.15) is 0 Å². The Bertz CT molecular complexity index is 370. The Morgan fingerprint density at radius 1 is 1.33 bits per heavy atom. The number of ether oxygens (including phenoxy) is 2. The molecule has 0 heterocycles. The number of benzene rings is 1. The van der Waals surface area contributed by atoms with E-state index < -0.39 is 0 Å². The maximum absolute atomic E-state index is 6.16. The van der Waals surface area contributed by atoms with Crippen molar-refractivity contribution in [1.82, 2.24) is 0 Å². The van der Waals surface area contributed by atoms with Crippen molar-refractivity contribution in [2.75, 3.05) is 7.11 Å². The summed E-state index contributed by atoms with van der Waals surface area (Å²) in [6, 6.07) is 5.88. The minimum absolute atomic E-state index is 0.298. The van der Waals surface area contributed by atoms with Crippen LogP contribution >= 0.6 is 11.6 Å². The van der Waals surface area contributed by atoms with E-state index in [1.165, 1.54) is 12.8 Å². The van der Waals surface area contributed by atoms with Crippen LogP contribution in [-0.2, 0) is 5.88 Å². The van der Waals surface area contributed by atoms with Crippen LogP contribution in [0.4, 0.5) is 0 Å². The summed E-state index contributed by atoms with van der Waals surface area (Å²) < 4.78 is 11.5. The highest BCUT2D eigenvalue weighted by Gasteiger charge is 2.22. The fourth-order valence-electron chi connectivity index (χ4n) is 2.61. The van der Waals surface area contributed by atoms with Crippen LogP contribution < -0.4 is 9.47 Å². The second kappa shape index (κ2) is 6.33. The van der Waals surface area contributed by atoms with Gasteiger partial charge in [-0.05, 0) is 31.2 Å². The van der Waals surface area contributed by atoms with E-state index in [-0.39, 0.29) is 0 Å². The van der Waals surface area contributed by atoms with Crippen molar-refractivity contribution in [2.45, 2.75) is 44.6 Å². The molecule has 1 aromatic rings. The summed E-state index contributed by atoms with van der Waals surface area (Å²) in [5, 5.41) is 0. The fourth-order valence-corrected chi connectivity index (χ4v) is 2.82. The summed E-state index contributed by atoms with van der Waals surface area (Å²) in [7, 11) is 1.67. The van der Waals surface area contributed by atoms with Gasteiger partial charge in [-0.15, -0.1) is 11.6 Å². The maximum Gasteiger partial charge on any atom is 0.165 e. The van der Waals surface area contributed by atoms with Gasteiger partial charge in [-0.25, -0.2) is 0 Å². The maximum atomic E-state index is 6.16. The zero-order valence-corrected chi connectivity index (χ0v) is 11.9. The van der Waals surface area contributed by atoms with E-state index in [0.717, 1.165) is 35.8 Å². The number of hydrogen-bond donors (Lipinski definition) is 0. The molecule has 2 atom stereocenters. The Balaban J connectivity index is 2.16. The largest absolute Gasteiger partial charge is 0.493 e. The third-order valence-corrected chi connectivity index (χ3v) is 3.89. The molecule has 3 heteroatoms. The second-order valence-corrected chi connectivity index (χ2v) is 5.36. The topological polar surface area (TPSA) is 18.5 Å². The lowest BCUT2D eigenvalue weighted by Crippen LogP contribution is -2.24. The molecule has 0 N–H and O–H groups in total. The van der Waals surface area contributed by atoms with E-state index in [1.54, 1.807) is 7.11 Å². The van der Waals surface area contributed by atoms with E-state index >= 15 is 0 Å². The van der Waals surface area contributed by atoms with Crippen LogP contribution in [0.5, 0.6) is 11.5 Å². The zero-order chi connectivity index (χ0) is 13.0. The highest BCUT2D eigenvalue weighted by molar-refractivity contribution is 6.17. The summed E-state index contributed by atoms with van der Waals surface area (Å²) in [4.78, 5) is 0. The molecular weight excluding hydrogens is 248 g/mol. The molecule has 1 aliphatic carbocycles. The molecule has 18 heavy (non-hydrogen) atoms. The SMILES string of the molecule is COc1cccc(CCl)c1OC1CCCC(C)C1. The van der Waals surface area contributed by atoms with Crippen LogP contribution in [0, 0.1) is 5.92 Å². The summed E-state index contributed by atoms with van der Waals surface area (Å²) in [6.45, 7) is 2.29. The molecule has 1 aromatic carbocycles. The molecule has 0 aliphatic heterocycles. The van der Waals surface area contributed by atoms with Gasteiger partial charge in [0.2, 0.25) is 0 Å². The molecule has 1 aliphatic rings. The Kier molecular flexibility index (Phi) is 4.76. The summed E-state index contributed by atoms with van der Waals surface area (Å²) in [6.07, 6.45) is 5.11. The van der Waals surface area contributed by atoms with Crippen LogP contribution in [0.3, 0.4) is 0 Å². The van der Waals surface area contributed by atoms with Crippen molar-refractivity contribution in [3.8, 4) is 11.5 Å². The van der Waals surface area contributed by atoms with E-state index in [4.69, 9.17) is 21.1 Å². The van der Waals surface area contributed by atoms with Crippen molar-refractivity contribution in [3.63, 3.8) is 0 Å². The van der Waals surface area contributed by atoms with Gasteiger partial charge in [-0.3, -0.25) is 0 Å². The molecule has 1 saturated carbocycles. The molecule has 2 rings (SSSR count). The molecule has 0 saturated heterocycles. The monoisotopic (exact) mass is 268 g/mol. The smallest absolute Gasteiger partial charge is 0.165 e. The van der Waals surface area contributed by atoms with Gasteiger partial charge in [-0.1, -0.05) is 25.5 Å². The van der Waals surface area contributed by atoms with Gasteiger partial charge < -0.3 is 9.47 Å². The molecule has 1 fully saturated rings. The molecule has 0 aromatic heterocycles. The number of rotatable bonds is 4. The second-order valence-electron chi connectivity index (χ2n) is 5.09.